The van der Waals surface area contributed by atoms with Gasteiger partial charge in [0.15, 0.2) is 0 Å². The predicted octanol–water partition coefficient (Wildman–Crippen LogP) is 4.46. The molecule has 0 saturated heterocycles. The zero-order valence-corrected chi connectivity index (χ0v) is 13.5. The molecule has 22 heavy (non-hydrogen) atoms. The highest BCUT2D eigenvalue weighted by molar-refractivity contribution is 7.99. The van der Waals surface area contributed by atoms with Gasteiger partial charge in [-0.2, -0.15) is 0 Å². The second-order valence-corrected chi connectivity index (χ2v) is 5.80. The minimum Gasteiger partial charge on any atom is -0.496 e. The quantitative estimate of drug-likeness (QED) is 0.632. The predicted molar refractivity (Wildman–Crippen MR) is 93.5 cm³/mol. The molecule has 0 atom stereocenters. The summed E-state index contributed by atoms with van der Waals surface area (Å²) in [5.74, 6) is 1.55. The van der Waals surface area contributed by atoms with Crippen molar-refractivity contribution in [1.29, 1.82) is 0 Å². The van der Waals surface area contributed by atoms with Crippen LogP contribution in [0.3, 0.4) is 0 Å². The molecule has 1 N–H and O–H groups in total. The van der Waals surface area contributed by atoms with E-state index in [9.17, 15) is 4.79 Å². The van der Waals surface area contributed by atoms with Gasteiger partial charge in [-0.15, -0.1) is 11.8 Å². The molecule has 1 amide bonds. The van der Waals surface area contributed by atoms with Gasteiger partial charge in [0.2, 0.25) is 5.91 Å². The van der Waals surface area contributed by atoms with Crippen LogP contribution in [0.4, 0.5) is 5.69 Å². The van der Waals surface area contributed by atoms with Crippen molar-refractivity contribution in [3.8, 4) is 5.75 Å². The maximum absolute atomic E-state index is 12.1. The summed E-state index contributed by atoms with van der Waals surface area (Å²) in [6, 6.07) is 15.4. The van der Waals surface area contributed by atoms with E-state index in [2.05, 4.69) is 12.2 Å². The number of rotatable bonds is 6. The van der Waals surface area contributed by atoms with Crippen LogP contribution in [-0.4, -0.2) is 18.8 Å². The summed E-state index contributed by atoms with van der Waals surface area (Å²) >= 11 is 1.71. The molecule has 0 aliphatic heterocycles. The van der Waals surface area contributed by atoms with Crippen LogP contribution in [0.25, 0.3) is 6.08 Å². The van der Waals surface area contributed by atoms with E-state index >= 15 is 0 Å². The van der Waals surface area contributed by atoms with Crippen LogP contribution in [-0.2, 0) is 4.79 Å². The van der Waals surface area contributed by atoms with E-state index in [1.807, 2.05) is 48.5 Å². The molecule has 114 valence electrons. The van der Waals surface area contributed by atoms with Crippen LogP contribution in [0.5, 0.6) is 5.75 Å². The minimum atomic E-state index is -0.157. The number of thioether (sulfide) groups is 1. The average Bonchev–Trinajstić information content (AvgIpc) is 2.55. The molecular formula is C18H19NO2S. The Morgan fingerprint density at radius 2 is 1.91 bits per heavy atom. The first kappa shape index (κ1) is 16.2. The Hall–Kier alpha value is -2.20. The van der Waals surface area contributed by atoms with E-state index in [4.69, 9.17) is 4.74 Å². The Balaban J connectivity index is 2.08. The summed E-state index contributed by atoms with van der Waals surface area (Å²) in [6.07, 6.45) is 3.27. The van der Waals surface area contributed by atoms with Gasteiger partial charge in [0, 0.05) is 16.5 Å². The van der Waals surface area contributed by atoms with Crippen LogP contribution < -0.4 is 10.1 Å². The molecule has 4 heteroatoms. The summed E-state index contributed by atoms with van der Waals surface area (Å²) in [5.41, 5.74) is 1.71. The molecule has 0 aromatic heterocycles. The van der Waals surface area contributed by atoms with Crippen molar-refractivity contribution in [3.63, 3.8) is 0 Å². The number of anilines is 1. The van der Waals surface area contributed by atoms with E-state index in [-0.39, 0.29) is 5.91 Å². The van der Waals surface area contributed by atoms with Crippen molar-refractivity contribution in [2.45, 2.75) is 11.8 Å². The zero-order chi connectivity index (χ0) is 15.8. The summed E-state index contributed by atoms with van der Waals surface area (Å²) in [7, 11) is 1.62. The molecule has 2 aromatic rings. The van der Waals surface area contributed by atoms with Gasteiger partial charge in [0.1, 0.15) is 5.75 Å². The zero-order valence-electron chi connectivity index (χ0n) is 12.7. The Kier molecular flexibility index (Phi) is 6.10. The number of nitrogens with one attached hydrogen (secondary N) is 1. The molecule has 0 radical (unpaired) electrons. The summed E-state index contributed by atoms with van der Waals surface area (Å²) < 4.78 is 5.26. The third-order valence-electron chi connectivity index (χ3n) is 3.00. The molecule has 0 fully saturated rings. The van der Waals surface area contributed by atoms with Crippen LogP contribution in [0.15, 0.2) is 59.5 Å². The number of ether oxygens (including phenoxy) is 1. The summed E-state index contributed by atoms with van der Waals surface area (Å²) in [5, 5.41) is 2.92. The lowest BCUT2D eigenvalue weighted by molar-refractivity contribution is -0.111. The summed E-state index contributed by atoms with van der Waals surface area (Å²) in [6.45, 7) is 2.09. The maximum Gasteiger partial charge on any atom is 0.248 e. The van der Waals surface area contributed by atoms with Crippen molar-refractivity contribution >= 4 is 29.4 Å². The number of carbonyl (C=O) groups excluding carboxylic acids is 1. The SMILES string of the molecule is CCSc1ccccc1NC(=O)/C=C/c1ccccc1OC. The first-order valence-electron chi connectivity index (χ1n) is 7.08. The fourth-order valence-electron chi connectivity index (χ4n) is 2.00. The molecule has 0 aliphatic rings. The van der Waals surface area contributed by atoms with E-state index < -0.39 is 0 Å². The Morgan fingerprint density at radius 1 is 1.18 bits per heavy atom. The van der Waals surface area contributed by atoms with Gasteiger partial charge in [-0.25, -0.2) is 0 Å². The normalized spacial score (nSPS) is 10.6. The highest BCUT2D eigenvalue weighted by atomic mass is 32.2. The Morgan fingerprint density at radius 3 is 2.68 bits per heavy atom. The largest absolute Gasteiger partial charge is 0.496 e. The first-order chi connectivity index (χ1) is 10.7. The lowest BCUT2D eigenvalue weighted by Gasteiger charge is -2.08. The fraction of sp³-hybridized carbons (Fsp3) is 0.167. The number of benzene rings is 2. The summed E-state index contributed by atoms with van der Waals surface area (Å²) in [4.78, 5) is 13.2. The lowest BCUT2D eigenvalue weighted by Crippen LogP contribution is -2.08. The highest BCUT2D eigenvalue weighted by Gasteiger charge is 2.04. The molecule has 2 rings (SSSR count). The van der Waals surface area contributed by atoms with Gasteiger partial charge in [-0.3, -0.25) is 4.79 Å². The first-order valence-corrected chi connectivity index (χ1v) is 8.07. The van der Waals surface area contributed by atoms with Gasteiger partial charge in [-0.05, 0) is 30.0 Å². The third kappa shape index (κ3) is 4.40. The molecule has 0 spiro atoms. The standard InChI is InChI=1S/C18H19NO2S/c1-3-22-17-11-7-5-9-15(17)19-18(20)13-12-14-8-4-6-10-16(14)21-2/h4-13H,3H2,1-2H3,(H,19,20)/b13-12+. The van der Waals surface area contributed by atoms with Gasteiger partial charge in [0.05, 0.1) is 12.8 Å². The number of para-hydroxylation sites is 2. The highest BCUT2D eigenvalue weighted by Crippen LogP contribution is 2.26. The lowest BCUT2D eigenvalue weighted by atomic mass is 10.2. The van der Waals surface area contributed by atoms with Gasteiger partial charge >= 0.3 is 0 Å². The molecule has 0 heterocycles. The van der Waals surface area contributed by atoms with Crippen molar-refractivity contribution in [3.05, 3.63) is 60.2 Å². The number of methoxy groups -OCH3 is 1. The van der Waals surface area contributed by atoms with E-state index in [0.717, 1.165) is 27.6 Å². The molecule has 0 unspecified atom stereocenters. The second-order valence-electron chi connectivity index (χ2n) is 4.49. The monoisotopic (exact) mass is 313 g/mol. The van der Waals surface area contributed by atoms with Gasteiger partial charge in [-0.1, -0.05) is 37.3 Å². The molecule has 0 aliphatic carbocycles. The van der Waals surface area contributed by atoms with Crippen LogP contribution >= 0.6 is 11.8 Å². The third-order valence-corrected chi connectivity index (χ3v) is 3.95. The molecule has 0 bridgehead atoms. The average molecular weight is 313 g/mol. The van der Waals surface area contributed by atoms with E-state index in [1.165, 1.54) is 6.08 Å². The molecule has 3 nitrogen and oxygen atoms in total. The minimum absolute atomic E-state index is 0.157. The van der Waals surface area contributed by atoms with Crippen molar-refractivity contribution in [2.24, 2.45) is 0 Å². The number of amides is 1. The van der Waals surface area contributed by atoms with Crippen molar-refractivity contribution in [2.75, 3.05) is 18.2 Å². The smallest absolute Gasteiger partial charge is 0.248 e. The van der Waals surface area contributed by atoms with E-state index in [0.29, 0.717) is 0 Å². The number of carbonyl (C=O) groups is 1. The molecule has 0 saturated carbocycles. The van der Waals surface area contributed by atoms with Crippen LogP contribution in [0.1, 0.15) is 12.5 Å². The van der Waals surface area contributed by atoms with Gasteiger partial charge < -0.3 is 10.1 Å². The molecular weight excluding hydrogens is 294 g/mol. The number of hydrogen-bond acceptors (Lipinski definition) is 3. The van der Waals surface area contributed by atoms with Gasteiger partial charge in [0.25, 0.3) is 0 Å². The molecule has 2 aromatic carbocycles. The van der Waals surface area contributed by atoms with E-state index in [1.54, 1.807) is 24.9 Å². The fourth-order valence-corrected chi connectivity index (χ4v) is 2.76. The maximum atomic E-state index is 12.1. The van der Waals surface area contributed by atoms with Crippen molar-refractivity contribution in [1.82, 2.24) is 0 Å². The van der Waals surface area contributed by atoms with Crippen molar-refractivity contribution < 1.29 is 9.53 Å². The van der Waals surface area contributed by atoms with Crippen LogP contribution in [0, 0.1) is 0 Å². The van der Waals surface area contributed by atoms with Crippen LogP contribution in [0.2, 0.25) is 0 Å². The Bertz CT molecular complexity index is 668. The Labute approximate surface area is 135 Å². The topological polar surface area (TPSA) is 38.3 Å². The second kappa shape index (κ2) is 8.29. The number of hydrogen-bond donors (Lipinski definition) is 1.